The van der Waals surface area contributed by atoms with Crippen molar-refractivity contribution in [2.45, 2.75) is 38.3 Å². The lowest BCUT2D eigenvalue weighted by Gasteiger charge is -2.29. The Morgan fingerprint density at radius 2 is 1.85 bits per heavy atom. The van der Waals surface area contributed by atoms with E-state index in [2.05, 4.69) is 22.6 Å². The first-order chi connectivity index (χ1) is 12.3. The Balaban J connectivity index is 1.65. The highest BCUT2D eigenvalue weighted by Crippen LogP contribution is 2.28. The fourth-order valence-corrected chi connectivity index (χ4v) is 3.49. The third-order valence-corrected chi connectivity index (χ3v) is 5.29. The van der Waals surface area contributed by atoms with Crippen molar-refractivity contribution in [3.8, 4) is 0 Å². The predicted octanol–water partition coefficient (Wildman–Crippen LogP) is 0.972. The van der Waals surface area contributed by atoms with Gasteiger partial charge >= 0.3 is 6.03 Å². The van der Waals surface area contributed by atoms with Crippen LogP contribution in [0.1, 0.15) is 30.9 Å². The van der Waals surface area contributed by atoms with Crippen molar-refractivity contribution in [3.63, 3.8) is 0 Å². The van der Waals surface area contributed by atoms with E-state index in [1.54, 1.807) is 6.92 Å². The molecule has 140 valence electrons. The molecule has 1 aromatic rings. The van der Waals surface area contributed by atoms with Crippen LogP contribution in [0, 0.1) is 6.92 Å². The maximum atomic E-state index is 12.8. The Labute approximate surface area is 153 Å². The molecular formula is C19H26N4O3. The second-order valence-electron chi connectivity index (χ2n) is 7.46. The van der Waals surface area contributed by atoms with Gasteiger partial charge < -0.3 is 15.5 Å². The molecule has 0 bridgehead atoms. The first-order valence-electron chi connectivity index (χ1n) is 8.99. The van der Waals surface area contributed by atoms with E-state index in [1.807, 2.05) is 31.2 Å². The second-order valence-corrected chi connectivity index (χ2v) is 7.46. The summed E-state index contributed by atoms with van der Waals surface area (Å²) in [6, 6.07) is 7.02. The van der Waals surface area contributed by atoms with Crippen LogP contribution in [-0.4, -0.2) is 60.4 Å². The van der Waals surface area contributed by atoms with E-state index in [-0.39, 0.29) is 18.5 Å². The Morgan fingerprint density at radius 3 is 2.46 bits per heavy atom. The topological polar surface area (TPSA) is 81.8 Å². The van der Waals surface area contributed by atoms with Crippen LogP contribution in [0.15, 0.2) is 24.3 Å². The van der Waals surface area contributed by atoms with Crippen LogP contribution in [0.5, 0.6) is 0 Å². The molecule has 2 aliphatic rings. The van der Waals surface area contributed by atoms with Crippen molar-refractivity contribution in [1.29, 1.82) is 0 Å². The summed E-state index contributed by atoms with van der Waals surface area (Å²) in [5, 5.41) is 5.67. The number of likely N-dealkylation sites (tertiary alicyclic amines) is 1. The quantitative estimate of drug-likeness (QED) is 0.786. The number of rotatable bonds is 4. The Kier molecular flexibility index (Phi) is 5.00. The number of hydrogen-bond donors (Lipinski definition) is 2. The molecule has 7 nitrogen and oxygen atoms in total. The summed E-state index contributed by atoms with van der Waals surface area (Å²) in [5.74, 6) is -0.693. The molecule has 2 fully saturated rings. The molecule has 2 heterocycles. The first kappa shape index (κ1) is 18.4. The van der Waals surface area contributed by atoms with Crippen molar-refractivity contribution >= 4 is 17.8 Å². The smallest absolute Gasteiger partial charge is 0.325 e. The molecular weight excluding hydrogens is 332 g/mol. The molecule has 3 rings (SSSR count). The molecule has 2 saturated heterocycles. The number of amides is 4. The summed E-state index contributed by atoms with van der Waals surface area (Å²) in [6.07, 6.45) is 1.76. The molecule has 1 aromatic carbocycles. The van der Waals surface area contributed by atoms with Gasteiger partial charge in [-0.3, -0.25) is 14.5 Å². The number of piperidine rings is 1. The number of urea groups is 1. The zero-order valence-electron chi connectivity index (χ0n) is 15.5. The number of nitrogens with one attached hydrogen (secondary N) is 2. The van der Waals surface area contributed by atoms with Crippen LogP contribution in [0.25, 0.3) is 0 Å². The molecule has 2 aliphatic heterocycles. The van der Waals surface area contributed by atoms with E-state index in [4.69, 9.17) is 0 Å². The van der Waals surface area contributed by atoms with Crippen molar-refractivity contribution in [3.05, 3.63) is 35.4 Å². The van der Waals surface area contributed by atoms with Crippen LogP contribution in [0.2, 0.25) is 0 Å². The monoisotopic (exact) mass is 358 g/mol. The highest BCUT2D eigenvalue weighted by atomic mass is 16.2. The highest BCUT2D eigenvalue weighted by Gasteiger charge is 2.49. The lowest BCUT2D eigenvalue weighted by molar-refractivity contribution is -0.135. The van der Waals surface area contributed by atoms with Gasteiger partial charge in [0.25, 0.3) is 5.91 Å². The normalized spacial score (nSPS) is 24.7. The van der Waals surface area contributed by atoms with Crippen molar-refractivity contribution in [1.82, 2.24) is 20.4 Å². The third kappa shape index (κ3) is 3.58. The molecule has 1 unspecified atom stereocenters. The number of carbonyl (C=O) groups excluding carboxylic acids is 3. The van der Waals surface area contributed by atoms with Gasteiger partial charge in [0.2, 0.25) is 5.91 Å². The lowest BCUT2D eigenvalue weighted by Crippen LogP contribution is -2.48. The molecule has 0 aromatic heterocycles. The van der Waals surface area contributed by atoms with Crippen LogP contribution in [0.4, 0.5) is 4.79 Å². The zero-order valence-corrected chi connectivity index (χ0v) is 15.5. The van der Waals surface area contributed by atoms with Crippen LogP contribution in [-0.2, 0) is 15.1 Å². The molecule has 0 radical (unpaired) electrons. The van der Waals surface area contributed by atoms with Crippen LogP contribution >= 0.6 is 0 Å². The lowest BCUT2D eigenvalue weighted by atomic mass is 9.91. The average Bonchev–Trinajstić information content (AvgIpc) is 2.82. The second kappa shape index (κ2) is 7.07. The molecule has 26 heavy (non-hydrogen) atoms. The molecule has 0 spiro atoms. The van der Waals surface area contributed by atoms with E-state index >= 15 is 0 Å². The largest absolute Gasteiger partial charge is 0.352 e. The van der Waals surface area contributed by atoms with E-state index in [0.717, 1.165) is 36.4 Å². The van der Waals surface area contributed by atoms with E-state index in [9.17, 15) is 14.4 Å². The summed E-state index contributed by atoms with van der Waals surface area (Å²) in [7, 11) is 2.05. The summed E-state index contributed by atoms with van der Waals surface area (Å²) >= 11 is 0. The van der Waals surface area contributed by atoms with Gasteiger partial charge in [-0.05, 0) is 52.4 Å². The number of nitrogens with zero attached hydrogens (tertiary/aromatic N) is 2. The SMILES string of the molecule is Cc1ccc(C2(C)NC(=O)N(CC(=O)NC3CCN(C)CC3)C2=O)cc1. The maximum absolute atomic E-state index is 12.8. The Bertz CT molecular complexity index is 710. The maximum Gasteiger partial charge on any atom is 0.325 e. The van der Waals surface area contributed by atoms with Crippen molar-refractivity contribution in [2.75, 3.05) is 26.7 Å². The van der Waals surface area contributed by atoms with Gasteiger partial charge in [-0.2, -0.15) is 0 Å². The molecule has 0 saturated carbocycles. The third-order valence-electron chi connectivity index (χ3n) is 5.29. The molecule has 1 atom stereocenters. The fraction of sp³-hybridized carbons (Fsp3) is 0.526. The molecule has 2 N–H and O–H groups in total. The summed E-state index contributed by atoms with van der Waals surface area (Å²) in [4.78, 5) is 40.7. The van der Waals surface area contributed by atoms with Crippen molar-refractivity contribution in [2.24, 2.45) is 0 Å². The minimum absolute atomic E-state index is 0.1000. The number of benzene rings is 1. The summed E-state index contributed by atoms with van der Waals surface area (Å²) in [6.45, 7) is 5.24. The summed E-state index contributed by atoms with van der Waals surface area (Å²) < 4.78 is 0. The predicted molar refractivity (Wildman–Crippen MR) is 97.4 cm³/mol. The highest BCUT2D eigenvalue weighted by molar-refractivity contribution is 6.09. The minimum atomic E-state index is -1.14. The standard InChI is InChI=1S/C19H26N4O3/c1-13-4-6-14(7-5-13)19(2)17(25)23(18(26)21-19)12-16(24)20-15-8-10-22(3)11-9-15/h4-7,15H,8-12H2,1-3H3,(H,20,24)(H,21,26). The fourth-order valence-electron chi connectivity index (χ4n) is 3.49. The zero-order chi connectivity index (χ0) is 18.9. The number of imide groups is 1. The van der Waals surface area contributed by atoms with Gasteiger partial charge in [-0.25, -0.2) is 4.79 Å². The molecule has 4 amide bonds. The molecule has 0 aliphatic carbocycles. The van der Waals surface area contributed by atoms with Crippen molar-refractivity contribution < 1.29 is 14.4 Å². The van der Waals surface area contributed by atoms with Crippen LogP contribution < -0.4 is 10.6 Å². The van der Waals surface area contributed by atoms with E-state index in [0.29, 0.717) is 5.56 Å². The van der Waals surface area contributed by atoms with Gasteiger partial charge in [-0.15, -0.1) is 0 Å². The molecule has 7 heteroatoms. The van der Waals surface area contributed by atoms with Gasteiger partial charge in [0.1, 0.15) is 12.1 Å². The summed E-state index contributed by atoms with van der Waals surface area (Å²) in [5.41, 5.74) is 0.640. The Morgan fingerprint density at radius 1 is 1.23 bits per heavy atom. The number of carbonyl (C=O) groups is 3. The average molecular weight is 358 g/mol. The van der Waals surface area contributed by atoms with E-state index in [1.165, 1.54) is 0 Å². The van der Waals surface area contributed by atoms with Gasteiger partial charge in [0.05, 0.1) is 0 Å². The first-order valence-corrected chi connectivity index (χ1v) is 8.99. The van der Waals surface area contributed by atoms with Gasteiger partial charge in [0, 0.05) is 6.04 Å². The van der Waals surface area contributed by atoms with Gasteiger partial charge in [-0.1, -0.05) is 29.8 Å². The minimum Gasteiger partial charge on any atom is -0.352 e. The van der Waals surface area contributed by atoms with Crippen LogP contribution in [0.3, 0.4) is 0 Å². The number of hydrogen-bond acceptors (Lipinski definition) is 4. The number of aryl methyl sites for hydroxylation is 1. The van der Waals surface area contributed by atoms with Gasteiger partial charge in [0.15, 0.2) is 0 Å². The Hall–Kier alpha value is -2.41. The van der Waals surface area contributed by atoms with E-state index < -0.39 is 17.5 Å².